The molecule has 9 nitrogen and oxygen atoms in total. The van der Waals surface area contributed by atoms with Gasteiger partial charge in [-0.1, -0.05) is 12.8 Å². The van der Waals surface area contributed by atoms with Crippen molar-refractivity contribution >= 4 is 21.1 Å². The number of pyridine rings is 1. The number of aryl methyl sites for hydroxylation is 1. The van der Waals surface area contributed by atoms with Crippen LogP contribution in [0.2, 0.25) is 0 Å². The molecule has 0 atom stereocenters. The van der Waals surface area contributed by atoms with E-state index in [1.807, 2.05) is 14.1 Å². The normalized spacial score (nSPS) is 17.2. The minimum Gasteiger partial charge on any atom is -0.302 e. The molecular weight excluding hydrogens is 358 g/mol. The topological polar surface area (TPSA) is 117 Å². The first kappa shape index (κ1) is 18.7. The van der Waals surface area contributed by atoms with Gasteiger partial charge in [0.25, 0.3) is 5.56 Å². The standard InChI is InChI=1S/C16H23N5O4S/c1-20(2)16(6-4-5-7-16)10-18-26(24,25)11-8-12-13(17-9-11)21(3)15(23)19-14(12)22/h8-9,18H,4-7,10H2,1-3H3,(H,19,22,23). The van der Waals surface area contributed by atoms with E-state index < -0.39 is 21.3 Å². The fraction of sp³-hybridized carbons (Fsp3) is 0.562. The first-order valence-electron chi connectivity index (χ1n) is 8.42. The quantitative estimate of drug-likeness (QED) is 0.739. The Labute approximate surface area is 151 Å². The van der Waals surface area contributed by atoms with Crippen LogP contribution in [0.15, 0.2) is 26.7 Å². The van der Waals surface area contributed by atoms with Crippen molar-refractivity contribution in [1.29, 1.82) is 0 Å². The van der Waals surface area contributed by atoms with Crippen LogP contribution in [0.25, 0.3) is 11.0 Å². The van der Waals surface area contributed by atoms with Crippen molar-refractivity contribution in [2.45, 2.75) is 36.1 Å². The van der Waals surface area contributed by atoms with Gasteiger partial charge in [0.2, 0.25) is 10.0 Å². The Hall–Kier alpha value is -2.04. The average molecular weight is 381 g/mol. The molecule has 26 heavy (non-hydrogen) atoms. The first-order valence-corrected chi connectivity index (χ1v) is 9.91. The van der Waals surface area contributed by atoms with Gasteiger partial charge >= 0.3 is 5.69 Å². The van der Waals surface area contributed by atoms with Crippen LogP contribution in [-0.4, -0.2) is 54.0 Å². The van der Waals surface area contributed by atoms with Gasteiger partial charge in [-0.2, -0.15) is 0 Å². The molecule has 1 aliphatic carbocycles. The second kappa shape index (κ2) is 6.60. The van der Waals surface area contributed by atoms with E-state index in [1.54, 1.807) is 0 Å². The molecule has 142 valence electrons. The minimum atomic E-state index is -3.83. The zero-order chi connectivity index (χ0) is 19.1. The fourth-order valence-electron chi connectivity index (χ4n) is 3.49. The van der Waals surface area contributed by atoms with Crippen molar-refractivity contribution < 1.29 is 8.42 Å². The lowest BCUT2D eigenvalue weighted by molar-refractivity contribution is 0.162. The molecule has 0 aromatic carbocycles. The molecule has 1 fully saturated rings. The number of nitrogens with zero attached hydrogens (tertiary/aromatic N) is 3. The van der Waals surface area contributed by atoms with E-state index in [0.717, 1.165) is 25.7 Å². The van der Waals surface area contributed by atoms with E-state index in [4.69, 9.17) is 0 Å². The zero-order valence-corrected chi connectivity index (χ0v) is 15.9. The molecule has 0 aliphatic heterocycles. The summed E-state index contributed by atoms with van der Waals surface area (Å²) in [6, 6.07) is 1.25. The lowest BCUT2D eigenvalue weighted by Crippen LogP contribution is -2.50. The average Bonchev–Trinajstić information content (AvgIpc) is 3.08. The number of rotatable bonds is 5. The third-order valence-electron chi connectivity index (χ3n) is 5.31. The maximum absolute atomic E-state index is 12.7. The van der Waals surface area contributed by atoms with Gasteiger partial charge in [-0.05, 0) is 33.0 Å². The smallest absolute Gasteiger partial charge is 0.302 e. The fourth-order valence-corrected chi connectivity index (χ4v) is 4.58. The molecule has 1 aliphatic rings. The van der Waals surface area contributed by atoms with Gasteiger partial charge in [-0.3, -0.25) is 14.3 Å². The number of aromatic nitrogens is 3. The monoisotopic (exact) mass is 381 g/mol. The molecule has 0 bridgehead atoms. The van der Waals surface area contributed by atoms with E-state index in [9.17, 15) is 18.0 Å². The minimum absolute atomic E-state index is 0.0539. The van der Waals surface area contributed by atoms with Crippen LogP contribution in [0.3, 0.4) is 0 Å². The van der Waals surface area contributed by atoms with Gasteiger partial charge in [0, 0.05) is 25.3 Å². The molecule has 1 saturated carbocycles. The summed E-state index contributed by atoms with van der Waals surface area (Å²) in [6.45, 7) is 0.296. The number of hydrogen-bond acceptors (Lipinski definition) is 6. The van der Waals surface area contributed by atoms with Crippen LogP contribution < -0.4 is 16.0 Å². The second-order valence-electron chi connectivity index (χ2n) is 7.01. The molecule has 2 aromatic heterocycles. The van der Waals surface area contributed by atoms with Crippen LogP contribution in [0.4, 0.5) is 0 Å². The van der Waals surface area contributed by atoms with Crippen LogP contribution in [0.1, 0.15) is 25.7 Å². The molecule has 2 aromatic rings. The van der Waals surface area contributed by atoms with Crippen molar-refractivity contribution in [3.8, 4) is 0 Å². The molecule has 0 amide bonds. The summed E-state index contributed by atoms with van der Waals surface area (Å²) in [5.41, 5.74) is -1.32. The van der Waals surface area contributed by atoms with E-state index in [1.165, 1.54) is 23.9 Å². The summed E-state index contributed by atoms with van der Waals surface area (Å²) in [5, 5.41) is 0.0539. The van der Waals surface area contributed by atoms with E-state index in [-0.39, 0.29) is 21.5 Å². The third-order valence-corrected chi connectivity index (χ3v) is 6.68. The zero-order valence-electron chi connectivity index (χ0n) is 15.1. The number of fused-ring (bicyclic) bond motifs is 1. The predicted octanol–water partition coefficient (Wildman–Crippen LogP) is -0.225. The lowest BCUT2D eigenvalue weighted by Gasteiger charge is -2.36. The van der Waals surface area contributed by atoms with Crippen molar-refractivity contribution in [3.05, 3.63) is 33.1 Å². The van der Waals surface area contributed by atoms with E-state index >= 15 is 0 Å². The maximum Gasteiger partial charge on any atom is 0.329 e. The van der Waals surface area contributed by atoms with Crippen molar-refractivity contribution in [2.75, 3.05) is 20.6 Å². The Morgan fingerprint density at radius 2 is 1.96 bits per heavy atom. The van der Waals surface area contributed by atoms with Crippen LogP contribution >= 0.6 is 0 Å². The molecule has 0 spiro atoms. The molecule has 0 unspecified atom stereocenters. The summed E-state index contributed by atoms with van der Waals surface area (Å²) < 4.78 is 29.2. The molecule has 10 heteroatoms. The number of aromatic amines is 1. The lowest BCUT2D eigenvalue weighted by atomic mass is 9.97. The molecule has 2 heterocycles. The van der Waals surface area contributed by atoms with E-state index in [2.05, 4.69) is 19.6 Å². The third kappa shape index (κ3) is 3.19. The summed E-state index contributed by atoms with van der Waals surface area (Å²) in [7, 11) is 1.54. The van der Waals surface area contributed by atoms with Gasteiger partial charge < -0.3 is 4.90 Å². The largest absolute Gasteiger partial charge is 0.329 e. The Balaban J connectivity index is 1.95. The number of nitrogens with one attached hydrogen (secondary N) is 2. The Morgan fingerprint density at radius 3 is 2.58 bits per heavy atom. The number of H-pyrrole nitrogens is 1. The number of sulfonamides is 1. The number of likely N-dealkylation sites (N-methyl/N-ethyl adjacent to an activating group) is 1. The summed E-state index contributed by atoms with van der Waals surface area (Å²) in [5.74, 6) is 0. The number of hydrogen-bond donors (Lipinski definition) is 2. The van der Waals surface area contributed by atoms with Crippen molar-refractivity contribution in [1.82, 2.24) is 24.2 Å². The van der Waals surface area contributed by atoms with Gasteiger partial charge in [0.1, 0.15) is 10.5 Å². The highest BCUT2D eigenvalue weighted by atomic mass is 32.2. The SMILES string of the molecule is CN(C)C1(CNS(=O)(=O)c2cnc3c(c2)c(=O)[nH]c(=O)n3C)CCCC1. The van der Waals surface area contributed by atoms with Crippen molar-refractivity contribution in [3.63, 3.8) is 0 Å². The second-order valence-corrected chi connectivity index (χ2v) is 8.78. The summed E-state index contributed by atoms with van der Waals surface area (Å²) in [4.78, 5) is 31.8. The Bertz CT molecular complexity index is 1050. The molecule has 0 saturated heterocycles. The highest BCUT2D eigenvalue weighted by Crippen LogP contribution is 2.33. The predicted molar refractivity (Wildman–Crippen MR) is 97.7 cm³/mol. The van der Waals surface area contributed by atoms with Crippen LogP contribution in [0.5, 0.6) is 0 Å². The van der Waals surface area contributed by atoms with Crippen molar-refractivity contribution in [2.24, 2.45) is 7.05 Å². The first-order chi connectivity index (χ1) is 12.2. The molecule has 0 radical (unpaired) electrons. The molecule has 3 rings (SSSR count). The van der Waals surface area contributed by atoms with Gasteiger partial charge in [-0.15, -0.1) is 0 Å². The molecule has 2 N–H and O–H groups in total. The van der Waals surface area contributed by atoms with Gasteiger partial charge in [-0.25, -0.2) is 22.9 Å². The van der Waals surface area contributed by atoms with Crippen LogP contribution in [-0.2, 0) is 17.1 Å². The van der Waals surface area contributed by atoms with Crippen LogP contribution in [0, 0.1) is 0 Å². The van der Waals surface area contributed by atoms with Gasteiger partial charge in [0.15, 0.2) is 0 Å². The summed E-state index contributed by atoms with van der Waals surface area (Å²) >= 11 is 0. The Kier molecular flexibility index (Phi) is 4.76. The van der Waals surface area contributed by atoms with E-state index in [0.29, 0.717) is 6.54 Å². The highest BCUT2D eigenvalue weighted by molar-refractivity contribution is 7.89. The summed E-state index contributed by atoms with van der Waals surface area (Å²) in [6.07, 6.45) is 5.17. The maximum atomic E-state index is 12.7. The van der Waals surface area contributed by atoms with Gasteiger partial charge in [0.05, 0.1) is 5.39 Å². The highest BCUT2D eigenvalue weighted by Gasteiger charge is 2.37. The Morgan fingerprint density at radius 1 is 1.31 bits per heavy atom. The molecular formula is C16H23N5O4S.